The number of benzene rings is 1. The molecule has 174 valence electrons. The monoisotopic (exact) mass is 567 g/mol. The Balaban J connectivity index is 0.00000289. The van der Waals surface area contributed by atoms with Gasteiger partial charge in [0.2, 0.25) is 5.91 Å². The summed E-state index contributed by atoms with van der Waals surface area (Å²) in [6.07, 6.45) is 4.98. The van der Waals surface area contributed by atoms with Gasteiger partial charge in [-0.1, -0.05) is 12.1 Å². The highest BCUT2D eigenvalue weighted by Crippen LogP contribution is 2.25. The highest BCUT2D eigenvalue weighted by atomic mass is 127. The van der Waals surface area contributed by atoms with Gasteiger partial charge in [-0.15, -0.1) is 35.3 Å². The summed E-state index contributed by atoms with van der Waals surface area (Å²) in [6.45, 7) is 6.55. The Hall–Kier alpha value is -1.81. The average Bonchev–Trinajstić information content (AvgIpc) is 3.34. The smallest absolute Gasteiger partial charge is 0.226 e. The maximum atomic E-state index is 12.1. The minimum absolute atomic E-state index is 0. The molecule has 0 spiro atoms. The predicted molar refractivity (Wildman–Crippen MR) is 146 cm³/mol. The molecule has 2 aromatic rings. The first kappa shape index (κ1) is 24.8. The van der Waals surface area contributed by atoms with E-state index in [1.165, 1.54) is 5.00 Å². The molecule has 1 aromatic heterocycles. The Morgan fingerprint density at radius 2 is 1.91 bits per heavy atom. The van der Waals surface area contributed by atoms with Crippen LogP contribution in [0.4, 0.5) is 10.7 Å². The number of aliphatic imine (C=N–C) groups is 1. The second-order valence-electron chi connectivity index (χ2n) is 8.22. The van der Waals surface area contributed by atoms with Crippen LogP contribution in [-0.4, -0.2) is 44.1 Å². The SMILES string of the molecule is CCNC(=NCc1ccc(N2CCCCC2=O)cc1)NC1CCN(c2cccs2)CC1.I. The van der Waals surface area contributed by atoms with Crippen molar-refractivity contribution in [1.82, 2.24) is 10.6 Å². The molecule has 1 aromatic carbocycles. The molecule has 2 aliphatic rings. The van der Waals surface area contributed by atoms with E-state index in [1.807, 2.05) is 16.2 Å². The number of amides is 1. The summed E-state index contributed by atoms with van der Waals surface area (Å²) in [5.74, 6) is 1.12. The fourth-order valence-corrected chi connectivity index (χ4v) is 5.02. The minimum atomic E-state index is 0. The van der Waals surface area contributed by atoms with E-state index >= 15 is 0 Å². The Labute approximate surface area is 212 Å². The highest BCUT2D eigenvalue weighted by Gasteiger charge is 2.21. The van der Waals surface area contributed by atoms with Gasteiger partial charge in [0.1, 0.15) is 0 Å². The van der Waals surface area contributed by atoms with Gasteiger partial charge in [-0.3, -0.25) is 4.79 Å². The molecular weight excluding hydrogens is 533 g/mol. The van der Waals surface area contributed by atoms with Gasteiger partial charge in [0.05, 0.1) is 11.5 Å². The molecule has 0 unspecified atom stereocenters. The maximum absolute atomic E-state index is 12.1. The maximum Gasteiger partial charge on any atom is 0.226 e. The van der Waals surface area contributed by atoms with Crippen molar-refractivity contribution < 1.29 is 4.79 Å². The number of carbonyl (C=O) groups excluding carboxylic acids is 1. The van der Waals surface area contributed by atoms with E-state index in [1.54, 1.807) is 0 Å². The van der Waals surface area contributed by atoms with E-state index < -0.39 is 0 Å². The molecule has 0 bridgehead atoms. The number of anilines is 2. The zero-order valence-electron chi connectivity index (χ0n) is 18.8. The second-order valence-corrected chi connectivity index (χ2v) is 9.15. The second kappa shape index (κ2) is 12.4. The van der Waals surface area contributed by atoms with Gasteiger partial charge in [-0.05, 0) is 67.8 Å². The number of nitrogens with one attached hydrogen (secondary N) is 2. The molecule has 32 heavy (non-hydrogen) atoms. The topological polar surface area (TPSA) is 60.0 Å². The van der Waals surface area contributed by atoms with Gasteiger partial charge in [-0.2, -0.15) is 0 Å². The van der Waals surface area contributed by atoms with Crippen molar-refractivity contribution in [3.8, 4) is 0 Å². The molecule has 0 saturated carbocycles. The molecule has 2 fully saturated rings. The van der Waals surface area contributed by atoms with E-state index in [0.29, 0.717) is 19.0 Å². The van der Waals surface area contributed by atoms with E-state index in [9.17, 15) is 4.79 Å². The molecule has 0 aliphatic carbocycles. The van der Waals surface area contributed by atoms with Crippen LogP contribution in [0.3, 0.4) is 0 Å². The van der Waals surface area contributed by atoms with Crippen molar-refractivity contribution >= 4 is 57.9 Å². The summed E-state index contributed by atoms with van der Waals surface area (Å²) in [5.41, 5.74) is 2.15. The molecule has 2 saturated heterocycles. The molecule has 2 aliphatic heterocycles. The van der Waals surface area contributed by atoms with Gasteiger partial charge in [0, 0.05) is 44.3 Å². The fraction of sp³-hybridized carbons (Fsp3) is 0.500. The molecule has 4 rings (SSSR count). The Morgan fingerprint density at radius 3 is 2.56 bits per heavy atom. The largest absolute Gasteiger partial charge is 0.363 e. The molecule has 6 nitrogen and oxygen atoms in total. The number of piperidine rings is 2. The van der Waals surface area contributed by atoms with Crippen molar-refractivity contribution in [2.75, 3.05) is 36.0 Å². The molecule has 0 atom stereocenters. The van der Waals surface area contributed by atoms with Crippen molar-refractivity contribution in [2.24, 2.45) is 4.99 Å². The van der Waals surface area contributed by atoms with Crippen LogP contribution in [0.2, 0.25) is 0 Å². The Morgan fingerprint density at radius 1 is 1.12 bits per heavy atom. The van der Waals surface area contributed by atoms with E-state index in [0.717, 1.165) is 69.1 Å². The normalized spacial score (nSPS) is 17.8. The van der Waals surface area contributed by atoms with Crippen LogP contribution in [0.5, 0.6) is 0 Å². The summed E-state index contributed by atoms with van der Waals surface area (Å²) in [6, 6.07) is 13.0. The Bertz CT molecular complexity index is 863. The lowest BCUT2D eigenvalue weighted by Crippen LogP contribution is -2.48. The third-order valence-electron chi connectivity index (χ3n) is 5.99. The Kier molecular flexibility index (Phi) is 9.65. The van der Waals surface area contributed by atoms with Crippen molar-refractivity contribution in [3.05, 3.63) is 47.3 Å². The number of carbonyl (C=O) groups is 1. The van der Waals surface area contributed by atoms with Crippen LogP contribution >= 0.6 is 35.3 Å². The molecular formula is C24H34IN5OS. The number of halogens is 1. The van der Waals surface area contributed by atoms with Crippen LogP contribution in [-0.2, 0) is 11.3 Å². The quantitative estimate of drug-likeness (QED) is 0.304. The predicted octanol–water partition coefficient (Wildman–Crippen LogP) is 4.61. The summed E-state index contributed by atoms with van der Waals surface area (Å²) in [5, 5.41) is 10.5. The number of hydrogen-bond donors (Lipinski definition) is 2. The lowest BCUT2D eigenvalue weighted by molar-refractivity contribution is -0.119. The average molecular weight is 568 g/mol. The first-order chi connectivity index (χ1) is 15.2. The minimum Gasteiger partial charge on any atom is -0.363 e. The lowest BCUT2D eigenvalue weighted by Gasteiger charge is -2.33. The number of rotatable bonds is 6. The van der Waals surface area contributed by atoms with Crippen molar-refractivity contribution in [3.63, 3.8) is 0 Å². The fourth-order valence-electron chi connectivity index (χ4n) is 4.24. The zero-order valence-corrected chi connectivity index (χ0v) is 21.9. The van der Waals surface area contributed by atoms with E-state index in [2.05, 4.69) is 64.2 Å². The third kappa shape index (κ3) is 6.60. The van der Waals surface area contributed by atoms with Gasteiger partial charge in [0.25, 0.3) is 0 Å². The summed E-state index contributed by atoms with van der Waals surface area (Å²) < 4.78 is 0. The number of hydrogen-bond acceptors (Lipinski definition) is 4. The first-order valence-corrected chi connectivity index (χ1v) is 12.3. The van der Waals surface area contributed by atoms with Crippen LogP contribution in [0.25, 0.3) is 0 Å². The molecule has 0 radical (unpaired) electrons. The van der Waals surface area contributed by atoms with Crippen molar-refractivity contribution in [2.45, 2.75) is 51.6 Å². The number of nitrogens with zero attached hydrogens (tertiary/aromatic N) is 3. The molecule has 3 heterocycles. The van der Waals surface area contributed by atoms with Crippen molar-refractivity contribution in [1.29, 1.82) is 0 Å². The van der Waals surface area contributed by atoms with E-state index in [4.69, 9.17) is 4.99 Å². The molecule has 1 amide bonds. The van der Waals surface area contributed by atoms with Gasteiger partial charge in [0.15, 0.2) is 5.96 Å². The highest BCUT2D eigenvalue weighted by molar-refractivity contribution is 14.0. The van der Waals surface area contributed by atoms with Crippen LogP contribution in [0, 0.1) is 0 Å². The summed E-state index contributed by atoms with van der Waals surface area (Å²) in [4.78, 5) is 21.3. The zero-order chi connectivity index (χ0) is 21.5. The standard InChI is InChI=1S/C24H33N5OS.HI/c1-2-25-24(27-20-12-15-28(16-13-20)23-7-5-17-31-23)26-18-19-8-10-21(11-9-19)29-14-4-3-6-22(29)30;/h5,7-11,17,20H,2-4,6,12-16,18H2,1H3,(H2,25,26,27);1H. The van der Waals surface area contributed by atoms with Crippen LogP contribution in [0.15, 0.2) is 46.8 Å². The molecule has 2 N–H and O–H groups in total. The summed E-state index contributed by atoms with van der Waals surface area (Å²) in [7, 11) is 0. The first-order valence-electron chi connectivity index (χ1n) is 11.5. The van der Waals surface area contributed by atoms with Crippen LogP contribution < -0.4 is 20.4 Å². The van der Waals surface area contributed by atoms with Gasteiger partial charge >= 0.3 is 0 Å². The number of guanidine groups is 1. The summed E-state index contributed by atoms with van der Waals surface area (Å²) >= 11 is 1.82. The molecule has 8 heteroatoms. The van der Waals surface area contributed by atoms with Gasteiger partial charge < -0.3 is 20.4 Å². The van der Waals surface area contributed by atoms with E-state index in [-0.39, 0.29) is 29.9 Å². The third-order valence-corrected chi connectivity index (χ3v) is 6.92. The van der Waals surface area contributed by atoms with Gasteiger partial charge in [-0.25, -0.2) is 4.99 Å². The lowest BCUT2D eigenvalue weighted by atomic mass is 10.1. The van der Waals surface area contributed by atoms with Crippen LogP contribution in [0.1, 0.15) is 44.6 Å². The number of thiophene rings is 1.